The maximum atomic E-state index is 12.3. The summed E-state index contributed by atoms with van der Waals surface area (Å²) in [6.07, 6.45) is 6.12. The molecule has 5 nitrogen and oxygen atoms in total. The molecule has 0 fully saturated rings. The van der Waals surface area contributed by atoms with Crippen molar-refractivity contribution < 1.29 is 9.59 Å². The molecule has 0 saturated heterocycles. The lowest BCUT2D eigenvalue weighted by Crippen LogP contribution is -2.14. The van der Waals surface area contributed by atoms with E-state index in [1.54, 1.807) is 23.5 Å². The highest BCUT2D eigenvalue weighted by Crippen LogP contribution is 2.34. The Hall–Kier alpha value is -2.21. The monoisotopic (exact) mass is 371 g/mol. The first-order valence-electron chi connectivity index (χ1n) is 9.18. The van der Waals surface area contributed by atoms with Gasteiger partial charge in [-0.25, -0.2) is 4.98 Å². The molecule has 3 rings (SSSR count). The van der Waals surface area contributed by atoms with Crippen molar-refractivity contribution in [2.45, 2.75) is 52.4 Å². The maximum Gasteiger partial charge on any atom is 0.230 e. The summed E-state index contributed by atoms with van der Waals surface area (Å²) in [6, 6.07) is 7.32. The summed E-state index contributed by atoms with van der Waals surface area (Å²) in [5.41, 5.74) is 2.80. The lowest BCUT2D eigenvalue weighted by atomic mass is 9.88. The normalized spacial score (nSPS) is 16.0. The molecule has 0 radical (unpaired) electrons. The molecular weight excluding hydrogens is 346 g/mol. The first-order chi connectivity index (χ1) is 12.5. The molecule has 1 heterocycles. The second kappa shape index (κ2) is 8.45. The molecule has 26 heavy (non-hydrogen) atoms. The van der Waals surface area contributed by atoms with E-state index in [-0.39, 0.29) is 11.8 Å². The number of nitrogens with one attached hydrogen (secondary N) is 2. The van der Waals surface area contributed by atoms with Crippen LogP contribution in [0, 0.1) is 5.92 Å². The number of benzene rings is 1. The molecule has 1 aliphatic carbocycles. The summed E-state index contributed by atoms with van der Waals surface area (Å²) >= 11 is 1.62. The molecule has 0 bridgehead atoms. The van der Waals surface area contributed by atoms with Gasteiger partial charge in [0, 0.05) is 17.5 Å². The maximum absolute atomic E-state index is 12.3. The van der Waals surface area contributed by atoms with Crippen LogP contribution in [0.5, 0.6) is 0 Å². The van der Waals surface area contributed by atoms with Gasteiger partial charge < -0.3 is 10.6 Å². The minimum Gasteiger partial charge on any atom is -0.326 e. The van der Waals surface area contributed by atoms with Crippen LogP contribution in [-0.4, -0.2) is 16.8 Å². The van der Waals surface area contributed by atoms with Gasteiger partial charge in [0.2, 0.25) is 11.8 Å². The highest BCUT2D eigenvalue weighted by Gasteiger charge is 2.22. The zero-order valence-electron chi connectivity index (χ0n) is 15.3. The number of aromatic nitrogens is 1. The lowest BCUT2D eigenvalue weighted by Gasteiger charge is -2.19. The summed E-state index contributed by atoms with van der Waals surface area (Å²) in [5, 5.41) is 6.37. The fraction of sp³-hybridized carbons (Fsp3) is 0.450. The number of carbonyl (C=O) groups excluding carboxylic acids is 2. The zero-order valence-corrected chi connectivity index (χ0v) is 16.1. The average Bonchev–Trinajstić information content (AvgIpc) is 2.97. The van der Waals surface area contributed by atoms with E-state index in [4.69, 9.17) is 0 Å². The van der Waals surface area contributed by atoms with Gasteiger partial charge in [0.25, 0.3) is 0 Å². The van der Waals surface area contributed by atoms with E-state index in [1.807, 2.05) is 12.1 Å². The van der Waals surface area contributed by atoms with Crippen LogP contribution in [0.4, 0.5) is 10.8 Å². The second-order valence-corrected chi connectivity index (χ2v) is 7.97. The summed E-state index contributed by atoms with van der Waals surface area (Å²) in [6.45, 7) is 3.70. The Balaban J connectivity index is 1.56. The van der Waals surface area contributed by atoms with Crippen LogP contribution < -0.4 is 10.6 Å². The third-order valence-corrected chi connectivity index (χ3v) is 5.66. The molecular formula is C20H25N3O2S. The predicted octanol–water partition coefficient (Wildman–Crippen LogP) is 4.19. The number of hydrogen-bond donors (Lipinski definition) is 2. The van der Waals surface area contributed by atoms with Crippen molar-refractivity contribution in [1.29, 1.82) is 0 Å². The number of rotatable bonds is 6. The van der Waals surface area contributed by atoms with Gasteiger partial charge in [0.1, 0.15) is 0 Å². The van der Waals surface area contributed by atoms with Gasteiger partial charge in [-0.15, -0.1) is 11.3 Å². The summed E-state index contributed by atoms with van der Waals surface area (Å²) in [5.74, 6) is 0.594. The van der Waals surface area contributed by atoms with Gasteiger partial charge in [-0.1, -0.05) is 31.9 Å². The Morgan fingerprint density at radius 3 is 2.69 bits per heavy atom. The number of amides is 2. The van der Waals surface area contributed by atoms with Gasteiger partial charge in [-0.3, -0.25) is 9.59 Å². The minimum atomic E-state index is -0.107. The Bertz CT molecular complexity index is 783. The SMILES string of the molecule is CCCC1CCc2nc(NC(=O)Cc3ccc(NC(C)=O)cc3)sc2C1. The highest BCUT2D eigenvalue weighted by atomic mass is 32.1. The van der Waals surface area contributed by atoms with E-state index in [0.29, 0.717) is 11.6 Å². The van der Waals surface area contributed by atoms with E-state index >= 15 is 0 Å². The number of carbonyl (C=O) groups is 2. The van der Waals surface area contributed by atoms with Gasteiger partial charge in [-0.05, 0) is 42.9 Å². The van der Waals surface area contributed by atoms with Crippen molar-refractivity contribution in [3.8, 4) is 0 Å². The fourth-order valence-corrected chi connectivity index (χ4v) is 4.55. The van der Waals surface area contributed by atoms with E-state index in [0.717, 1.165) is 35.7 Å². The number of fused-ring (bicyclic) bond motifs is 1. The smallest absolute Gasteiger partial charge is 0.230 e. The molecule has 2 aromatic rings. The summed E-state index contributed by atoms with van der Waals surface area (Å²) in [7, 11) is 0. The molecule has 1 aromatic heterocycles. The number of hydrogen-bond acceptors (Lipinski definition) is 4. The number of anilines is 2. The Morgan fingerprint density at radius 1 is 1.23 bits per heavy atom. The third kappa shape index (κ3) is 4.91. The van der Waals surface area contributed by atoms with Crippen molar-refractivity contribution in [1.82, 2.24) is 4.98 Å². The van der Waals surface area contributed by atoms with E-state index in [9.17, 15) is 9.59 Å². The minimum absolute atomic E-state index is 0.0616. The predicted molar refractivity (Wildman–Crippen MR) is 106 cm³/mol. The van der Waals surface area contributed by atoms with Crippen molar-refractivity contribution in [3.63, 3.8) is 0 Å². The van der Waals surface area contributed by atoms with Crippen LogP contribution in [0.25, 0.3) is 0 Å². The van der Waals surface area contributed by atoms with Gasteiger partial charge >= 0.3 is 0 Å². The molecule has 0 spiro atoms. The number of aryl methyl sites for hydroxylation is 1. The van der Waals surface area contributed by atoms with E-state index in [1.165, 1.54) is 31.1 Å². The van der Waals surface area contributed by atoms with E-state index in [2.05, 4.69) is 22.5 Å². The van der Waals surface area contributed by atoms with E-state index < -0.39 is 0 Å². The van der Waals surface area contributed by atoms with Crippen molar-refractivity contribution >= 4 is 34.0 Å². The molecule has 138 valence electrons. The zero-order chi connectivity index (χ0) is 18.5. The van der Waals surface area contributed by atoms with Gasteiger partial charge in [-0.2, -0.15) is 0 Å². The number of nitrogens with zero attached hydrogens (tertiary/aromatic N) is 1. The standard InChI is InChI=1S/C20H25N3O2S/c1-3-4-14-7-10-17-18(11-14)26-20(22-17)23-19(25)12-15-5-8-16(9-6-15)21-13(2)24/h5-6,8-9,14H,3-4,7,10-12H2,1-2H3,(H,21,24)(H,22,23,25). The molecule has 6 heteroatoms. The first-order valence-corrected chi connectivity index (χ1v) is 10.00. The highest BCUT2D eigenvalue weighted by molar-refractivity contribution is 7.15. The topological polar surface area (TPSA) is 71.1 Å². The van der Waals surface area contributed by atoms with Crippen molar-refractivity contribution in [3.05, 3.63) is 40.4 Å². The summed E-state index contributed by atoms with van der Waals surface area (Å²) < 4.78 is 0. The van der Waals surface area contributed by atoms with Crippen LogP contribution in [0.2, 0.25) is 0 Å². The Kier molecular flexibility index (Phi) is 6.04. The molecule has 1 unspecified atom stereocenters. The molecule has 1 aromatic carbocycles. The molecule has 1 atom stereocenters. The van der Waals surface area contributed by atoms with Crippen LogP contribution in [0.15, 0.2) is 24.3 Å². The van der Waals surface area contributed by atoms with Crippen molar-refractivity contribution in [2.75, 3.05) is 10.6 Å². The second-order valence-electron chi connectivity index (χ2n) is 6.89. The lowest BCUT2D eigenvalue weighted by molar-refractivity contribution is -0.116. The molecule has 0 saturated carbocycles. The molecule has 0 aliphatic heterocycles. The van der Waals surface area contributed by atoms with Crippen LogP contribution in [0.1, 0.15) is 49.2 Å². The molecule has 2 N–H and O–H groups in total. The molecule has 2 amide bonds. The Morgan fingerprint density at radius 2 is 2.00 bits per heavy atom. The first kappa shape index (κ1) is 18.6. The number of thiazole rings is 1. The van der Waals surface area contributed by atoms with Crippen LogP contribution in [-0.2, 0) is 28.9 Å². The summed E-state index contributed by atoms with van der Waals surface area (Å²) in [4.78, 5) is 29.3. The van der Waals surface area contributed by atoms with Gasteiger partial charge in [0.05, 0.1) is 12.1 Å². The van der Waals surface area contributed by atoms with Crippen molar-refractivity contribution in [2.24, 2.45) is 5.92 Å². The quantitative estimate of drug-likeness (QED) is 0.800. The third-order valence-electron chi connectivity index (χ3n) is 4.62. The van der Waals surface area contributed by atoms with Gasteiger partial charge in [0.15, 0.2) is 5.13 Å². The largest absolute Gasteiger partial charge is 0.326 e. The molecule has 1 aliphatic rings. The fourth-order valence-electron chi connectivity index (χ4n) is 3.41. The van der Waals surface area contributed by atoms with Crippen LogP contribution >= 0.6 is 11.3 Å². The Labute approximate surface area is 158 Å². The van der Waals surface area contributed by atoms with Crippen LogP contribution in [0.3, 0.4) is 0 Å². The average molecular weight is 372 g/mol.